The highest BCUT2D eigenvalue weighted by molar-refractivity contribution is 7.99. The molecular formula is C36H45ClN8O3S. The SMILES string of the molecule is CN1C(=O)C(CCCCN)NC(=O)[C@H](CCCN)NCc2cccnc2Sc2ccc(Cl)cc2CNC(=O)[C@@H]1Cc1c[nH]c2ccccc12. The zero-order valence-electron chi connectivity index (χ0n) is 27.7. The first-order valence-electron chi connectivity index (χ1n) is 16.7. The number of carbonyl (C=O) groups excluding carboxylic acids is 3. The lowest BCUT2D eigenvalue weighted by Crippen LogP contribution is -2.57. The number of amides is 3. The second-order valence-corrected chi connectivity index (χ2v) is 13.7. The second-order valence-electron chi connectivity index (χ2n) is 12.3. The lowest BCUT2D eigenvalue weighted by molar-refractivity contribution is -0.142. The summed E-state index contributed by atoms with van der Waals surface area (Å²) in [6, 6.07) is 14.9. The van der Waals surface area contributed by atoms with Crippen LogP contribution in [0.2, 0.25) is 5.02 Å². The van der Waals surface area contributed by atoms with Crippen LogP contribution < -0.4 is 27.4 Å². The van der Waals surface area contributed by atoms with Crippen molar-refractivity contribution < 1.29 is 14.4 Å². The molecule has 49 heavy (non-hydrogen) atoms. The van der Waals surface area contributed by atoms with E-state index in [0.29, 0.717) is 56.8 Å². The van der Waals surface area contributed by atoms with Crippen LogP contribution in [0.25, 0.3) is 10.9 Å². The monoisotopic (exact) mass is 704 g/mol. The van der Waals surface area contributed by atoms with Gasteiger partial charge in [0.25, 0.3) is 0 Å². The van der Waals surface area contributed by atoms with E-state index in [2.05, 4.69) is 25.9 Å². The molecule has 1 aliphatic heterocycles. The van der Waals surface area contributed by atoms with E-state index in [1.165, 1.54) is 16.7 Å². The maximum Gasteiger partial charge on any atom is 0.245 e. The Balaban J connectivity index is 1.55. The van der Waals surface area contributed by atoms with E-state index in [1.807, 2.05) is 60.8 Å². The number of halogens is 1. The molecule has 2 aromatic carbocycles. The maximum absolute atomic E-state index is 14.3. The van der Waals surface area contributed by atoms with Crippen LogP contribution >= 0.6 is 23.4 Å². The molecule has 0 aliphatic carbocycles. The molecule has 260 valence electrons. The molecule has 8 N–H and O–H groups in total. The van der Waals surface area contributed by atoms with E-state index < -0.39 is 18.1 Å². The largest absolute Gasteiger partial charge is 0.361 e. The Kier molecular flexibility index (Phi) is 13.1. The molecule has 0 fully saturated rings. The van der Waals surface area contributed by atoms with E-state index in [0.717, 1.165) is 37.5 Å². The fourth-order valence-corrected chi connectivity index (χ4v) is 7.24. The summed E-state index contributed by atoms with van der Waals surface area (Å²) in [6.07, 6.45) is 6.68. The number of unbranched alkanes of at least 4 members (excludes halogenated alkanes) is 1. The number of para-hydroxylation sites is 1. The van der Waals surface area contributed by atoms with Crippen LogP contribution in [0.15, 0.2) is 76.9 Å². The van der Waals surface area contributed by atoms with Crippen LogP contribution in [0.4, 0.5) is 0 Å². The van der Waals surface area contributed by atoms with E-state index in [4.69, 9.17) is 23.1 Å². The lowest BCUT2D eigenvalue weighted by atomic mass is 10.0. The third kappa shape index (κ3) is 9.40. The van der Waals surface area contributed by atoms with Crippen LogP contribution in [0.3, 0.4) is 0 Å². The summed E-state index contributed by atoms with van der Waals surface area (Å²) in [6.45, 7) is 1.45. The smallest absolute Gasteiger partial charge is 0.245 e. The highest BCUT2D eigenvalue weighted by Crippen LogP contribution is 2.33. The van der Waals surface area contributed by atoms with Gasteiger partial charge >= 0.3 is 0 Å². The average Bonchev–Trinajstić information content (AvgIpc) is 3.52. The quantitative estimate of drug-likeness (QED) is 0.143. The zero-order valence-corrected chi connectivity index (χ0v) is 29.3. The fraction of sp³-hybridized carbons (Fsp3) is 0.389. The van der Waals surface area contributed by atoms with E-state index in [1.54, 1.807) is 13.2 Å². The molecule has 0 bridgehead atoms. The Hall–Kier alpha value is -3.94. The molecule has 11 nitrogen and oxygen atoms in total. The molecule has 3 atom stereocenters. The topological polar surface area (TPSA) is 171 Å². The average molecular weight is 705 g/mol. The van der Waals surface area contributed by atoms with Crippen LogP contribution in [-0.4, -0.2) is 70.9 Å². The first-order valence-corrected chi connectivity index (χ1v) is 17.9. The number of likely N-dealkylation sites (N-methyl/N-ethyl adjacent to an activating group) is 1. The Morgan fingerprint density at radius 2 is 1.71 bits per heavy atom. The predicted octanol–water partition coefficient (Wildman–Crippen LogP) is 3.88. The lowest BCUT2D eigenvalue weighted by Gasteiger charge is -2.32. The molecule has 13 heteroatoms. The normalized spacial score (nSPS) is 19.6. The van der Waals surface area contributed by atoms with E-state index in [-0.39, 0.29) is 30.7 Å². The third-order valence-corrected chi connectivity index (χ3v) is 10.3. The summed E-state index contributed by atoms with van der Waals surface area (Å²) in [4.78, 5) is 52.7. The van der Waals surface area contributed by atoms with Crippen LogP contribution in [0.1, 0.15) is 48.8 Å². The molecule has 5 rings (SSSR count). The number of pyridine rings is 1. The van der Waals surface area contributed by atoms with Crippen molar-refractivity contribution >= 4 is 52.0 Å². The van der Waals surface area contributed by atoms with Gasteiger partial charge in [0.1, 0.15) is 17.1 Å². The van der Waals surface area contributed by atoms with Gasteiger partial charge in [0.05, 0.1) is 6.04 Å². The Morgan fingerprint density at radius 1 is 0.918 bits per heavy atom. The number of nitrogens with one attached hydrogen (secondary N) is 4. The van der Waals surface area contributed by atoms with Gasteiger partial charge in [-0.25, -0.2) is 4.98 Å². The van der Waals surface area contributed by atoms with Crippen molar-refractivity contribution in [3.63, 3.8) is 0 Å². The van der Waals surface area contributed by atoms with Crippen molar-refractivity contribution in [2.24, 2.45) is 11.5 Å². The summed E-state index contributed by atoms with van der Waals surface area (Å²) in [5.74, 6) is -0.969. The number of nitrogens with two attached hydrogens (primary N) is 2. The van der Waals surface area contributed by atoms with Crippen molar-refractivity contribution in [1.82, 2.24) is 30.8 Å². The highest BCUT2D eigenvalue weighted by Gasteiger charge is 2.34. The molecule has 0 radical (unpaired) electrons. The molecule has 3 heterocycles. The number of benzene rings is 2. The first-order chi connectivity index (χ1) is 23.8. The summed E-state index contributed by atoms with van der Waals surface area (Å²) in [5, 5.41) is 11.8. The highest BCUT2D eigenvalue weighted by atomic mass is 35.5. The molecule has 0 saturated heterocycles. The standard InChI is InChI=1S/C36H45ClN8O3S/c1-45-31(19-24-21-41-28-10-3-2-9-27(24)28)34(47)43-22-25-18-26(37)13-14-32(25)49-35-23(8-7-17-40-35)20-42-29(12-6-16-39)33(46)44-30(36(45)48)11-4-5-15-38/h2-3,7-10,13-14,17-18,21,29-31,41-42H,4-6,11-12,15-16,19-20,22,38-39H2,1H3,(H,43,47)(H,44,46)/t29-,30?,31-/m0/s1. The molecule has 1 unspecified atom stereocenters. The molecular weight excluding hydrogens is 660 g/mol. The number of rotatable bonds is 9. The summed E-state index contributed by atoms with van der Waals surface area (Å²) < 4.78 is 0. The number of aromatic amines is 1. The number of nitrogens with zero attached hydrogens (tertiary/aromatic N) is 2. The zero-order chi connectivity index (χ0) is 34.8. The molecule has 4 aromatic rings. The Labute approximate surface area is 296 Å². The molecule has 1 aliphatic rings. The van der Waals surface area contributed by atoms with Crippen molar-refractivity contribution in [2.45, 2.75) is 79.7 Å². The van der Waals surface area contributed by atoms with Crippen molar-refractivity contribution in [2.75, 3.05) is 20.1 Å². The second kappa shape index (κ2) is 17.6. The van der Waals surface area contributed by atoms with Gasteiger partial charge in [-0.3, -0.25) is 14.4 Å². The number of carbonyl (C=O) groups is 3. The van der Waals surface area contributed by atoms with E-state index in [9.17, 15) is 14.4 Å². The van der Waals surface area contributed by atoms with Gasteiger partial charge in [-0.2, -0.15) is 0 Å². The number of H-pyrrole nitrogens is 1. The van der Waals surface area contributed by atoms with Gasteiger partial charge in [-0.05, 0) is 92.2 Å². The summed E-state index contributed by atoms with van der Waals surface area (Å²) >= 11 is 7.91. The molecule has 3 amide bonds. The van der Waals surface area contributed by atoms with Gasteiger partial charge < -0.3 is 37.3 Å². The fourth-order valence-electron chi connectivity index (χ4n) is 6.06. The van der Waals surface area contributed by atoms with Crippen molar-refractivity contribution in [1.29, 1.82) is 0 Å². The predicted molar refractivity (Wildman–Crippen MR) is 194 cm³/mol. The summed E-state index contributed by atoms with van der Waals surface area (Å²) in [7, 11) is 1.63. The third-order valence-electron chi connectivity index (χ3n) is 8.85. The minimum atomic E-state index is -0.875. The van der Waals surface area contributed by atoms with Crippen LogP contribution in [0.5, 0.6) is 0 Å². The van der Waals surface area contributed by atoms with E-state index >= 15 is 0 Å². The number of hydrogen-bond donors (Lipinski definition) is 6. The minimum Gasteiger partial charge on any atom is -0.361 e. The summed E-state index contributed by atoms with van der Waals surface area (Å²) in [5.41, 5.74) is 15.2. The Bertz CT molecular complexity index is 1750. The molecule has 0 saturated carbocycles. The number of fused-ring (bicyclic) bond motifs is 3. The van der Waals surface area contributed by atoms with Gasteiger partial charge in [-0.15, -0.1) is 0 Å². The minimum absolute atomic E-state index is 0.187. The van der Waals surface area contributed by atoms with Gasteiger partial charge in [0.15, 0.2) is 0 Å². The Morgan fingerprint density at radius 3 is 2.53 bits per heavy atom. The molecule has 0 spiro atoms. The first kappa shape index (κ1) is 36.3. The van der Waals surface area contributed by atoms with Crippen LogP contribution in [-0.2, 0) is 33.9 Å². The van der Waals surface area contributed by atoms with Gasteiger partial charge in [0, 0.05) is 59.8 Å². The number of aromatic nitrogens is 2. The van der Waals surface area contributed by atoms with Gasteiger partial charge in [0.2, 0.25) is 17.7 Å². The van der Waals surface area contributed by atoms with Crippen molar-refractivity contribution in [3.05, 3.63) is 88.7 Å². The van der Waals surface area contributed by atoms with Crippen LogP contribution in [0, 0.1) is 0 Å². The number of hydrogen-bond acceptors (Lipinski definition) is 8. The van der Waals surface area contributed by atoms with Crippen molar-refractivity contribution in [3.8, 4) is 0 Å². The maximum atomic E-state index is 14.3. The molecule has 2 aromatic heterocycles. The van der Waals surface area contributed by atoms with Gasteiger partial charge in [-0.1, -0.05) is 47.6 Å².